The molecule has 3 aromatic rings. The van der Waals surface area contributed by atoms with Gasteiger partial charge >= 0.3 is 0 Å². The topological polar surface area (TPSA) is 82.0 Å². The quantitative estimate of drug-likeness (QED) is 0.697. The molecule has 30 heavy (non-hydrogen) atoms. The van der Waals surface area contributed by atoms with Crippen LogP contribution in [0.2, 0.25) is 0 Å². The fourth-order valence-corrected chi connectivity index (χ4v) is 4.46. The van der Waals surface area contributed by atoms with Crippen molar-refractivity contribution in [1.82, 2.24) is 25.5 Å². The van der Waals surface area contributed by atoms with Crippen LogP contribution in [0.5, 0.6) is 11.8 Å². The molecule has 0 spiro atoms. The summed E-state index contributed by atoms with van der Waals surface area (Å²) in [5, 5.41) is 12.3. The zero-order chi connectivity index (χ0) is 20.5. The minimum absolute atomic E-state index is 0.213. The Labute approximate surface area is 175 Å². The standard InChI is InChI=1S/C23H25N5O2/c1-14-11-15(9-10-24-14)19-5-6-20(26-23(19)29-2)21-7-8-22(28-27-21)30-18-12-16-3-4-17(13-18)25-16/h5-11,16-18,25H,3-4,12-13H2,1-2H3. The van der Waals surface area contributed by atoms with E-state index in [1.165, 1.54) is 12.8 Å². The van der Waals surface area contributed by atoms with E-state index in [9.17, 15) is 0 Å². The maximum atomic E-state index is 6.10. The molecule has 5 rings (SSSR count). The number of pyridine rings is 2. The number of nitrogens with zero attached hydrogens (tertiary/aromatic N) is 4. The maximum absolute atomic E-state index is 6.10. The van der Waals surface area contributed by atoms with Gasteiger partial charge in [-0.1, -0.05) is 0 Å². The van der Waals surface area contributed by atoms with Crippen molar-refractivity contribution in [1.29, 1.82) is 0 Å². The average Bonchev–Trinajstić information content (AvgIpc) is 3.12. The van der Waals surface area contributed by atoms with E-state index >= 15 is 0 Å². The fourth-order valence-electron chi connectivity index (χ4n) is 4.46. The minimum Gasteiger partial charge on any atom is -0.481 e. The fraction of sp³-hybridized carbons (Fsp3) is 0.391. The molecule has 7 nitrogen and oxygen atoms in total. The first-order valence-electron chi connectivity index (χ1n) is 10.4. The van der Waals surface area contributed by atoms with E-state index in [0.29, 0.717) is 35.2 Å². The third-order valence-corrected chi connectivity index (χ3v) is 5.88. The van der Waals surface area contributed by atoms with Crippen LogP contribution in [-0.4, -0.2) is 45.5 Å². The van der Waals surface area contributed by atoms with Crippen LogP contribution in [0.25, 0.3) is 22.5 Å². The lowest BCUT2D eigenvalue weighted by Crippen LogP contribution is -2.42. The van der Waals surface area contributed by atoms with Crippen molar-refractivity contribution in [3.8, 4) is 34.3 Å². The Bertz CT molecular complexity index is 1030. The number of aryl methyl sites for hydroxylation is 1. The molecule has 2 fully saturated rings. The highest BCUT2D eigenvalue weighted by molar-refractivity contribution is 5.71. The summed E-state index contributed by atoms with van der Waals surface area (Å²) in [6, 6.07) is 12.8. The molecule has 0 saturated carbocycles. The van der Waals surface area contributed by atoms with Crippen LogP contribution in [0, 0.1) is 6.92 Å². The van der Waals surface area contributed by atoms with Crippen LogP contribution in [-0.2, 0) is 0 Å². The second kappa shape index (κ2) is 7.99. The highest BCUT2D eigenvalue weighted by atomic mass is 16.5. The first-order chi connectivity index (χ1) is 14.7. The molecule has 2 saturated heterocycles. The average molecular weight is 403 g/mol. The van der Waals surface area contributed by atoms with Crippen molar-refractivity contribution in [2.45, 2.75) is 50.8 Å². The molecule has 2 unspecified atom stereocenters. The van der Waals surface area contributed by atoms with Crippen LogP contribution in [0.3, 0.4) is 0 Å². The lowest BCUT2D eigenvalue weighted by Gasteiger charge is -2.28. The van der Waals surface area contributed by atoms with E-state index in [-0.39, 0.29) is 6.10 Å². The zero-order valence-electron chi connectivity index (χ0n) is 17.2. The lowest BCUT2D eigenvalue weighted by atomic mass is 10.0. The number of nitrogens with one attached hydrogen (secondary N) is 1. The van der Waals surface area contributed by atoms with E-state index in [2.05, 4.69) is 25.5 Å². The Morgan fingerprint density at radius 2 is 1.77 bits per heavy atom. The zero-order valence-corrected chi connectivity index (χ0v) is 17.2. The van der Waals surface area contributed by atoms with Crippen LogP contribution in [0.15, 0.2) is 42.6 Å². The number of hydrogen-bond acceptors (Lipinski definition) is 7. The molecule has 3 aromatic heterocycles. The van der Waals surface area contributed by atoms with E-state index in [0.717, 1.165) is 29.7 Å². The van der Waals surface area contributed by atoms with E-state index in [1.807, 2.05) is 43.3 Å². The monoisotopic (exact) mass is 403 g/mol. The van der Waals surface area contributed by atoms with E-state index in [4.69, 9.17) is 9.47 Å². The molecule has 2 aliphatic rings. The molecule has 7 heteroatoms. The SMILES string of the molecule is COc1nc(-c2ccc(OC3CC4CCC(C3)N4)nn2)ccc1-c1ccnc(C)c1. The van der Waals surface area contributed by atoms with Crippen LogP contribution in [0.1, 0.15) is 31.4 Å². The summed E-state index contributed by atoms with van der Waals surface area (Å²) < 4.78 is 11.6. The summed E-state index contributed by atoms with van der Waals surface area (Å²) in [5.41, 5.74) is 4.27. The van der Waals surface area contributed by atoms with Crippen molar-refractivity contribution in [2.24, 2.45) is 0 Å². The summed E-state index contributed by atoms with van der Waals surface area (Å²) in [4.78, 5) is 8.90. The first-order valence-corrected chi connectivity index (χ1v) is 10.4. The number of ether oxygens (including phenoxy) is 2. The third kappa shape index (κ3) is 3.85. The normalized spacial score (nSPS) is 22.7. The second-order valence-electron chi connectivity index (χ2n) is 8.05. The van der Waals surface area contributed by atoms with Crippen LogP contribution in [0.4, 0.5) is 0 Å². The number of rotatable bonds is 5. The van der Waals surface area contributed by atoms with Gasteiger partial charge in [-0.3, -0.25) is 4.98 Å². The van der Waals surface area contributed by atoms with Gasteiger partial charge in [0.2, 0.25) is 11.8 Å². The van der Waals surface area contributed by atoms with Crippen LogP contribution >= 0.6 is 0 Å². The van der Waals surface area contributed by atoms with Gasteiger partial charge < -0.3 is 14.8 Å². The first kappa shape index (κ1) is 18.9. The predicted octanol–water partition coefficient (Wildman–Crippen LogP) is 3.58. The molecule has 0 aliphatic carbocycles. The lowest BCUT2D eigenvalue weighted by molar-refractivity contribution is 0.130. The number of piperidine rings is 1. The summed E-state index contributed by atoms with van der Waals surface area (Å²) >= 11 is 0. The number of aromatic nitrogens is 4. The van der Waals surface area contributed by atoms with Crippen molar-refractivity contribution in [3.05, 3.63) is 48.3 Å². The molecule has 2 atom stereocenters. The molecule has 0 radical (unpaired) electrons. The van der Waals surface area contributed by atoms with Gasteiger partial charge in [-0.15, -0.1) is 10.2 Å². The van der Waals surface area contributed by atoms with Crippen molar-refractivity contribution >= 4 is 0 Å². The molecule has 0 aromatic carbocycles. The molecule has 5 heterocycles. The summed E-state index contributed by atoms with van der Waals surface area (Å²) in [5.74, 6) is 1.12. The van der Waals surface area contributed by atoms with Gasteiger partial charge in [0.15, 0.2) is 0 Å². The Morgan fingerprint density at radius 1 is 0.967 bits per heavy atom. The Hall–Kier alpha value is -3.06. The van der Waals surface area contributed by atoms with Gasteiger partial charge in [0.05, 0.1) is 12.8 Å². The third-order valence-electron chi connectivity index (χ3n) is 5.88. The Morgan fingerprint density at radius 3 is 2.47 bits per heavy atom. The van der Waals surface area contributed by atoms with Crippen molar-refractivity contribution in [3.63, 3.8) is 0 Å². The summed E-state index contributed by atoms with van der Waals surface area (Å²) in [7, 11) is 1.62. The summed E-state index contributed by atoms with van der Waals surface area (Å²) in [6.45, 7) is 1.96. The van der Waals surface area contributed by atoms with Gasteiger partial charge in [-0.05, 0) is 68.5 Å². The van der Waals surface area contributed by atoms with Gasteiger partial charge in [-0.25, -0.2) is 4.98 Å². The van der Waals surface area contributed by atoms with E-state index in [1.54, 1.807) is 13.3 Å². The number of hydrogen-bond donors (Lipinski definition) is 1. The minimum atomic E-state index is 0.213. The molecular formula is C23H25N5O2. The molecule has 154 valence electrons. The van der Waals surface area contributed by atoms with Gasteiger partial charge in [0.25, 0.3) is 0 Å². The molecule has 1 N–H and O–H groups in total. The van der Waals surface area contributed by atoms with Gasteiger partial charge in [0, 0.05) is 35.6 Å². The number of fused-ring (bicyclic) bond motifs is 2. The smallest absolute Gasteiger partial charge is 0.233 e. The highest BCUT2D eigenvalue weighted by Crippen LogP contribution is 2.32. The number of methoxy groups -OCH3 is 1. The van der Waals surface area contributed by atoms with Gasteiger partial charge in [-0.2, -0.15) is 0 Å². The van der Waals surface area contributed by atoms with Crippen LogP contribution < -0.4 is 14.8 Å². The summed E-state index contributed by atoms with van der Waals surface area (Å²) in [6.07, 6.45) is 6.57. The van der Waals surface area contributed by atoms with E-state index < -0.39 is 0 Å². The molecule has 2 aliphatic heterocycles. The van der Waals surface area contributed by atoms with Crippen molar-refractivity contribution < 1.29 is 9.47 Å². The molecule has 0 amide bonds. The Kier molecular flexibility index (Phi) is 5.04. The predicted molar refractivity (Wildman–Crippen MR) is 113 cm³/mol. The molecule has 2 bridgehead atoms. The highest BCUT2D eigenvalue weighted by Gasteiger charge is 2.34. The maximum Gasteiger partial charge on any atom is 0.233 e. The van der Waals surface area contributed by atoms with Gasteiger partial charge in [0.1, 0.15) is 11.8 Å². The second-order valence-corrected chi connectivity index (χ2v) is 8.05. The molecular weight excluding hydrogens is 378 g/mol. The Balaban J connectivity index is 1.34. The van der Waals surface area contributed by atoms with Crippen molar-refractivity contribution in [2.75, 3.05) is 7.11 Å². The largest absolute Gasteiger partial charge is 0.481 e.